The number of hydrogen-bond donors (Lipinski definition) is 2. The van der Waals surface area contributed by atoms with Crippen molar-refractivity contribution in [2.45, 2.75) is 38.6 Å². The van der Waals surface area contributed by atoms with Crippen LogP contribution in [0.3, 0.4) is 0 Å². The zero-order valence-electron chi connectivity index (χ0n) is 11.6. The van der Waals surface area contributed by atoms with Gasteiger partial charge in [-0.2, -0.15) is 0 Å². The fraction of sp³-hybridized carbons (Fsp3) is 0.643. The number of nitro groups is 1. The quantitative estimate of drug-likeness (QED) is 0.591. The second kappa shape index (κ2) is 5.26. The largest absolute Gasteiger partial charge is 0.370 e. The molecule has 3 rings (SSSR count). The Morgan fingerprint density at radius 3 is 2.50 bits per heavy atom. The van der Waals surface area contributed by atoms with Crippen molar-refractivity contribution in [2.75, 3.05) is 17.2 Å². The number of nitrogens with zero attached hydrogens (tertiary/aromatic N) is 2. The molecule has 1 aromatic heterocycles. The summed E-state index contributed by atoms with van der Waals surface area (Å²) in [5.74, 6) is 2.45. The minimum Gasteiger partial charge on any atom is -0.370 e. The maximum absolute atomic E-state index is 11.1. The van der Waals surface area contributed by atoms with Crippen LogP contribution in [0.4, 0.5) is 17.3 Å². The summed E-state index contributed by atoms with van der Waals surface area (Å²) >= 11 is 0. The molecule has 20 heavy (non-hydrogen) atoms. The molecule has 0 saturated heterocycles. The monoisotopic (exact) mass is 276 g/mol. The van der Waals surface area contributed by atoms with Gasteiger partial charge in [-0.1, -0.05) is 0 Å². The van der Waals surface area contributed by atoms with E-state index in [1.165, 1.54) is 31.7 Å². The van der Waals surface area contributed by atoms with E-state index in [0.717, 1.165) is 6.54 Å². The number of nitrogens with one attached hydrogen (secondary N) is 2. The summed E-state index contributed by atoms with van der Waals surface area (Å²) in [4.78, 5) is 15.2. The molecule has 1 heterocycles. The molecule has 2 aliphatic rings. The van der Waals surface area contributed by atoms with Crippen LogP contribution in [0, 0.1) is 22.0 Å². The maximum atomic E-state index is 11.1. The molecule has 0 aliphatic heterocycles. The second-order valence-electron chi connectivity index (χ2n) is 5.70. The second-order valence-corrected chi connectivity index (χ2v) is 5.70. The van der Waals surface area contributed by atoms with Gasteiger partial charge in [-0.05, 0) is 50.5 Å². The summed E-state index contributed by atoms with van der Waals surface area (Å²) in [5, 5.41) is 17.6. The lowest BCUT2D eigenvalue weighted by atomic mass is 10.1. The zero-order valence-corrected chi connectivity index (χ0v) is 11.6. The summed E-state index contributed by atoms with van der Waals surface area (Å²) in [6.07, 6.45) is 4.92. The first-order chi connectivity index (χ1) is 9.69. The van der Waals surface area contributed by atoms with Crippen molar-refractivity contribution in [3.8, 4) is 0 Å². The molecule has 2 fully saturated rings. The molecule has 0 amide bonds. The van der Waals surface area contributed by atoms with Crippen LogP contribution in [0.25, 0.3) is 0 Å². The van der Waals surface area contributed by atoms with Crippen LogP contribution in [0.5, 0.6) is 0 Å². The summed E-state index contributed by atoms with van der Waals surface area (Å²) in [5.41, 5.74) is 0.0675. The highest BCUT2D eigenvalue weighted by atomic mass is 16.6. The highest BCUT2D eigenvalue weighted by Gasteiger charge is 2.42. The summed E-state index contributed by atoms with van der Waals surface area (Å²) < 4.78 is 0. The number of hydrogen-bond acceptors (Lipinski definition) is 5. The molecule has 0 radical (unpaired) electrons. The molecule has 6 heteroatoms. The lowest BCUT2D eigenvalue weighted by Crippen LogP contribution is -2.25. The molecule has 2 N–H and O–H groups in total. The molecule has 6 nitrogen and oxygen atoms in total. The lowest BCUT2D eigenvalue weighted by molar-refractivity contribution is -0.384. The van der Waals surface area contributed by atoms with Crippen molar-refractivity contribution in [1.82, 2.24) is 4.98 Å². The van der Waals surface area contributed by atoms with Crippen molar-refractivity contribution >= 4 is 17.3 Å². The Morgan fingerprint density at radius 2 is 2.00 bits per heavy atom. The smallest absolute Gasteiger partial charge is 0.311 e. The number of rotatable bonds is 7. The lowest BCUT2D eigenvalue weighted by Gasteiger charge is -2.18. The molecule has 2 saturated carbocycles. The third kappa shape index (κ3) is 2.84. The highest BCUT2D eigenvalue weighted by Crippen LogP contribution is 2.46. The Hall–Kier alpha value is -1.85. The van der Waals surface area contributed by atoms with Crippen LogP contribution in [-0.2, 0) is 0 Å². The van der Waals surface area contributed by atoms with Crippen molar-refractivity contribution < 1.29 is 4.92 Å². The minimum absolute atomic E-state index is 0.0675. The molecule has 1 aromatic rings. The van der Waals surface area contributed by atoms with Crippen LogP contribution in [0.15, 0.2) is 12.1 Å². The fourth-order valence-corrected chi connectivity index (χ4v) is 2.67. The van der Waals surface area contributed by atoms with E-state index in [4.69, 9.17) is 0 Å². The van der Waals surface area contributed by atoms with Crippen LogP contribution < -0.4 is 10.6 Å². The highest BCUT2D eigenvalue weighted by molar-refractivity contribution is 5.61. The zero-order chi connectivity index (χ0) is 14.1. The van der Waals surface area contributed by atoms with Crippen molar-refractivity contribution in [3.63, 3.8) is 0 Å². The van der Waals surface area contributed by atoms with Crippen LogP contribution >= 0.6 is 0 Å². The van der Waals surface area contributed by atoms with Gasteiger partial charge in [0.25, 0.3) is 0 Å². The number of pyridine rings is 1. The average Bonchev–Trinajstić information content (AvgIpc) is 3.28. The third-order valence-electron chi connectivity index (χ3n) is 3.99. The molecular formula is C14H20N4O2. The predicted molar refractivity (Wildman–Crippen MR) is 77.9 cm³/mol. The fourth-order valence-electron chi connectivity index (χ4n) is 2.67. The summed E-state index contributed by atoms with van der Waals surface area (Å²) in [7, 11) is 0. The summed E-state index contributed by atoms with van der Waals surface area (Å²) in [6, 6.07) is 3.55. The topological polar surface area (TPSA) is 80.1 Å². The van der Waals surface area contributed by atoms with Crippen LogP contribution in [0.1, 0.15) is 32.6 Å². The average molecular weight is 276 g/mol. The van der Waals surface area contributed by atoms with Crippen LogP contribution in [0.2, 0.25) is 0 Å². The Balaban J connectivity index is 1.84. The molecule has 0 atom stereocenters. The van der Waals surface area contributed by atoms with Gasteiger partial charge in [0.15, 0.2) is 0 Å². The predicted octanol–water partition coefficient (Wildman–Crippen LogP) is 3.02. The first kappa shape index (κ1) is 13.1. The van der Waals surface area contributed by atoms with E-state index in [0.29, 0.717) is 29.5 Å². The van der Waals surface area contributed by atoms with Gasteiger partial charge in [0, 0.05) is 18.7 Å². The van der Waals surface area contributed by atoms with Crippen molar-refractivity contribution in [1.29, 1.82) is 0 Å². The van der Waals surface area contributed by atoms with E-state index in [9.17, 15) is 10.1 Å². The van der Waals surface area contributed by atoms with Gasteiger partial charge in [-0.15, -0.1) is 0 Å². The van der Waals surface area contributed by atoms with E-state index in [2.05, 4.69) is 15.6 Å². The van der Waals surface area contributed by atoms with Crippen molar-refractivity contribution in [3.05, 3.63) is 22.2 Å². The van der Waals surface area contributed by atoms with E-state index in [1.54, 1.807) is 6.07 Å². The summed E-state index contributed by atoms with van der Waals surface area (Å²) in [6.45, 7) is 2.73. The Morgan fingerprint density at radius 1 is 1.35 bits per heavy atom. The third-order valence-corrected chi connectivity index (χ3v) is 3.99. The normalized spacial score (nSPS) is 18.1. The molecule has 0 spiro atoms. The van der Waals surface area contributed by atoms with Gasteiger partial charge in [0.1, 0.15) is 5.82 Å². The molecule has 0 aromatic carbocycles. The maximum Gasteiger partial charge on any atom is 0.311 e. The Labute approximate surface area is 118 Å². The van der Waals surface area contributed by atoms with Crippen LogP contribution in [-0.4, -0.2) is 22.5 Å². The van der Waals surface area contributed by atoms with E-state index >= 15 is 0 Å². The molecule has 0 unspecified atom stereocenters. The van der Waals surface area contributed by atoms with Gasteiger partial charge < -0.3 is 10.6 Å². The molecular weight excluding hydrogens is 256 g/mol. The van der Waals surface area contributed by atoms with Gasteiger partial charge >= 0.3 is 5.69 Å². The standard InChI is InChI=1S/C14H20N4O2/c1-2-15-12-8-7-11(18(19)20)14(16-12)17-13(9-3-4-9)10-5-6-10/h7-10,13H,2-6H2,1H3,(H2,15,16,17). The Bertz CT molecular complexity index is 500. The van der Waals surface area contributed by atoms with Gasteiger partial charge in [0.2, 0.25) is 5.82 Å². The van der Waals surface area contributed by atoms with E-state index < -0.39 is 0 Å². The van der Waals surface area contributed by atoms with Gasteiger partial charge in [0.05, 0.1) is 4.92 Å². The minimum atomic E-state index is -0.359. The Kier molecular flexibility index (Phi) is 3.46. The first-order valence-corrected chi connectivity index (χ1v) is 7.35. The molecule has 108 valence electrons. The van der Waals surface area contributed by atoms with E-state index in [1.807, 2.05) is 6.92 Å². The van der Waals surface area contributed by atoms with Crippen molar-refractivity contribution in [2.24, 2.45) is 11.8 Å². The van der Waals surface area contributed by atoms with E-state index in [-0.39, 0.29) is 10.6 Å². The van der Waals surface area contributed by atoms with Gasteiger partial charge in [-0.3, -0.25) is 10.1 Å². The molecule has 2 aliphatic carbocycles. The number of anilines is 2. The van der Waals surface area contributed by atoms with Gasteiger partial charge in [-0.25, -0.2) is 4.98 Å². The molecule has 0 bridgehead atoms. The first-order valence-electron chi connectivity index (χ1n) is 7.35. The SMILES string of the molecule is CCNc1ccc([N+](=O)[O-])c(NC(C2CC2)C2CC2)n1. The number of aromatic nitrogens is 1.